The van der Waals surface area contributed by atoms with Crippen LogP contribution in [0.25, 0.3) is 0 Å². The number of ether oxygens (including phenoxy) is 2. The maximum absolute atomic E-state index is 5.63. The lowest BCUT2D eigenvalue weighted by Gasteiger charge is -2.44. The van der Waals surface area contributed by atoms with Crippen LogP contribution in [0.5, 0.6) is 0 Å². The fourth-order valence-electron chi connectivity index (χ4n) is 1.14. The highest BCUT2D eigenvalue weighted by molar-refractivity contribution is 4.93. The van der Waals surface area contributed by atoms with Crippen molar-refractivity contribution >= 4 is 0 Å². The number of hydrogen-bond acceptors (Lipinski definition) is 3. The van der Waals surface area contributed by atoms with E-state index >= 15 is 0 Å². The molecular formula is C6H13NO2. The van der Waals surface area contributed by atoms with E-state index in [1.807, 2.05) is 0 Å². The lowest BCUT2D eigenvalue weighted by molar-refractivity contribution is -0.261. The zero-order valence-corrected chi connectivity index (χ0v) is 5.89. The van der Waals surface area contributed by atoms with Gasteiger partial charge in [-0.1, -0.05) is 0 Å². The quantitative estimate of drug-likeness (QED) is 0.540. The zero-order chi connectivity index (χ0) is 6.91. The van der Waals surface area contributed by atoms with E-state index in [1.165, 1.54) is 0 Å². The van der Waals surface area contributed by atoms with Crippen LogP contribution in [0.2, 0.25) is 0 Å². The second kappa shape index (κ2) is 2.25. The van der Waals surface area contributed by atoms with E-state index in [2.05, 4.69) is 0 Å². The molecule has 1 aliphatic rings. The van der Waals surface area contributed by atoms with E-state index in [-0.39, 0.29) is 6.04 Å². The third-order valence-electron chi connectivity index (χ3n) is 2.06. The lowest BCUT2D eigenvalue weighted by atomic mass is 9.85. The van der Waals surface area contributed by atoms with Crippen molar-refractivity contribution in [3.63, 3.8) is 0 Å². The summed E-state index contributed by atoms with van der Waals surface area (Å²) in [5.41, 5.74) is 5.63. The molecule has 1 fully saturated rings. The smallest absolute Gasteiger partial charge is 0.182 e. The monoisotopic (exact) mass is 131 g/mol. The van der Waals surface area contributed by atoms with E-state index in [1.54, 1.807) is 14.2 Å². The summed E-state index contributed by atoms with van der Waals surface area (Å²) < 4.78 is 10.2. The van der Waals surface area contributed by atoms with Gasteiger partial charge in [-0.25, -0.2) is 0 Å². The zero-order valence-electron chi connectivity index (χ0n) is 5.89. The third-order valence-corrected chi connectivity index (χ3v) is 2.06. The maximum atomic E-state index is 5.63. The fourth-order valence-corrected chi connectivity index (χ4v) is 1.14. The molecule has 0 aliphatic heterocycles. The second-order valence-corrected chi connectivity index (χ2v) is 2.37. The van der Waals surface area contributed by atoms with E-state index in [4.69, 9.17) is 15.2 Å². The Labute approximate surface area is 55.1 Å². The summed E-state index contributed by atoms with van der Waals surface area (Å²) in [6.45, 7) is 0. The summed E-state index contributed by atoms with van der Waals surface area (Å²) in [7, 11) is 3.26. The van der Waals surface area contributed by atoms with Gasteiger partial charge in [0, 0.05) is 20.6 Å². The molecule has 0 bridgehead atoms. The molecule has 1 saturated carbocycles. The molecule has 0 spiro atoms. The van der Waals surface area contributed by atoms with Crippen molar-refractivity contribution in [3.05, 3.63) is 0 Å². The van der Waals surface area contributed by atoms with Gasteiger partial charge >= 0.3 is 0 Å². The summed E-state index contributed by atoms with van der Waals surface area (Å²) in [5.74, 6) is -0.458. The molecular weight excluding hydrogens is 118 g/mol. The average molecular weight is 131 g/mol. The van der Waals surface area contributed by atoms with Crippen molar-refractivity contribution < 1.29 is 9.47 Å². The topological polar surface area (TPSA) is 44.5 Å². The Balaban J connectivity index is 2.48. The summed E-state index contributed by atoms with van der Waals surface area (Å²) >= 11 is 0. The van der Waals surface area contributed by atoms with Crippen LogP contribution in [0.1, 0.15) is 12.8 Å². The molecule has 2 N–H and O–H groups in total. The lowest BCUT2D eigenvalue weighted by Crippen LogP contribution is -2.59. The minimum Gasteiger partial charge on any atom is -0.352 e. The van der Waals surface area contributed by atoms with Crippen molar-refractivity contribution in [3.8, 4) is 0 Å². The molecule has 1 atom stereocenters. The largest absolute Gasteiger partial charge is 0.352 e. The summed E-state index contributed by atoms with van der Waals surface area (Å²) in [4.78, 5) is 0. The Morgan fingerprint density at radius 2 is 2.00 bits per heavy atom. The van der Waals surface area contributed by atoms with Crippen molar-refractivity contribution in [1.29, 1.82) is 0 Å². The van der Waals surface area contributed by atoms with Gasteiger partial charge in [0.15, 0.2) is 5.79 Å². The highest BCUT2D eigenvalue weighted by Crippen LogP contribution is 2.34. The van der Waals surface area contributed by atoms with Crippen LogP contribution >= 0.6 is 0 Å². The Hall–Kier alpha value is -0.120. The average Bonchev–Trinajstić information content (AvgIpc) is 1.89. The number of methoxy groups -OCH3 is 2. The first-order valence-electron chi connectivity index (χ1n) is 3.11. The summed E-state index contributed by atoms with van der Waals surface area (Å²) in [6, 6.07) is 0.0625. The molecule has 1 rings (SSSR count). The molecule has 0 aromatic carbocycles. The van der Waals surface area contributed by atoms with Gasteiger partial charge in [-0.05, 0) is 6.42 Å². The van der Waals surface area contributed by atoms with Crippen LogP contribution < -0.4 is 5.73 Å². The molecule has 0 radical (unpaired) electrons. The second-order valence-electron chi connectivity index (χ2n) is 2.37. The van der Waals surface area contributed by atoms with Crippen molar-refractivity contribution in [2.24, 2.45) is 5.73 Å². The van der Waals surface area contributed by atoms with Crippen LogP contribution in [-0.4, -0.2) is 26.0 Å². The first-order valence-corrected chi connectivity index (χ1v) is 3.11. The van der Waals surface area contributed by atoms with E-state index in [0.717, 1.165) is 12.8 Å². The maximum Gasteiger partial charge on any atom is 0.182 e. The molecule has 0 heterocycles. The molecule has 1 aliphatic carbocycles. The van der Waals surface area contributed by atoms with Gasteiger partial charge in [0.25, 0.3) is 0 Å². The summed E-state index contributed by atoms with van der Waals surface area (Å²) in [6.07, 6.45) is 1.92. The van der Waals surface area contributed by atoms with Gasteiger partial charge in [-0.2, -0.15) is 0 Å². The first-order chi connectivity index (χ1) is 4.25. The molecule has 3 nitrogen and oxygen atoms in total. The van der Waals surface area contributed by atoms with Crippen molar-refractivity contribution in [1.82, 2.24) is 0 Å². The van der Waals surface area contributed by atoms with Gasteiger partial charge in [0.05, 0.1) is 6.04 Å². The van der Waals surface area contributed by atoms with Gasteiger partial charge < -0.3 is 15.2 Å². The highest BCUT2D eigenvalue weighted by Gasteiger charge is 2.45. The van der Waals surface area contributed by atoms with Crippen molar-refractivity contribution in [2.75, 3.05) is 14.2 Å². The van der Waals surface area contributed by atoms with Crippen molar-refractivity contribution in [2.45, 2.75) is 24.7 Å². The molecule has 1 unspecified atom stereocenters. The molecule has 0 amide bonds. The van der Waals surface area contributed by atoms with E-state index < -0.39 is 5.79 Å². The van der Waals surface area contributed by atoms with Gasteiger partial charge in [0.1, 0.15) is 0 Å². The third kappa shape index (κ3) is 0.852. The number of rotatable bonds is 2. The molecule has 3 heteroatoms. The molecule has 0 saturated heterocycles. The minimum absolute atomic E-state index is 0.0625. The number of nitrogens with two attached hydrogens (primary N) is 1. The standard InChI is InChI=1S/C6H13NO2/c1-8-6(9-2)4-3-5(6)7/h5H,3-4,7H2,1-2H3. The Morgan fingerprint density at radius 3 is 2.00 bits per heavy atom. The van der Waals surface area contributed by atoms with E-state index in [9.17, 15) is 0 Å². The normalized spacial score (nSPS) is 31.7. The predicted octanol–water partition coefficient (Wildman–Crippen LogP) is 0.0966. The van der Waals surface area contributed by atoms with Crippen LogP contribution in [0.4, 0.5) is 0 Å². The van der Waals surface area contributed by atoms with E-state index in [0.29, 0.717) is 0 Å². The molecule has 9 heavy (non-hydrogen) atoms. The van der Waals surface area contributed by atoms with Gasteiger partial charge in [0.2, 0.25) is 0 Å². The van der Waals surface area contributed by atoms with Crippen LogP contribution in [0.3, 0.4) is 0 Å². The highest BCUT2D eigenvalue weighted by atomic mass is 16.7. The van der Waals surface area contributed by atoms with Crippen LogP contribution in [0, 0.1) is 0 Å². The fraction of sp³-hybridized carbons (Fsp3) is 1.00. The first kappa shape index (κ1) is 6.99. The molecule has 0 aromatic rings. The Morgan fingerprint density at radius 1 is 1.44 bits per heavy atom. The minimum atomic E-state index is -0.458. The van der Waals surface area contributed by atoms with Gasteiger partial charge in [-0.3, -0.25) is 0 Å². The summed E-state index contributed by atoms with van der Waals surface area (Å²) in [5, 5.41) is 0. The van der Waals surface area contributed by atoms with Crippen LogP contribution in [-0.2, 0) is 9.47 Å². The van der Waals surface area contributed by atoms with Crippen LogP contribution in [0.15, 0.2) is 0 Å². The van der Waals surface area contributed by atoms with Gasteiger partial charge in [-0.15, -0.1) is 0 Å². The predicted molar refractivity (Wildman–Crippen MR) is 34.0 cm³/mol. The molecule has 54 valence electrons. The SMILES string of the molecule is COC1(OC)CCC1N. The Kier molecular flexibility index (Phi) is 1.75. The molecule has 0 aromatic heterocycles. The Bertz CT molecular complexity index is 95.7. The number of hydrogen-bond donors (Lipinski definition) is 1.